The third-order valence-corrected chi connectivity index (χ3v) is 6.90. The van der Waals surface area contributed by atoms with Crippen LogP contribution in [0.25, 0.3) is 0 Å². The lowest BCUT2D eigenvalue weighted by Crippen LogP contribution is -2.54. The lowest BCUT2D eigenvalue weighted by atomic mass is 10.3. The summed E-state index contributed by atoms with van der Waals surface area (Å²) < 4.78 is 18.6. The van der Waals surface area contributed by atoms with E-state index in [9.17, 15) is 0 Å². The Morgan fingerprint density at radius 3 is 1.11 bits per heavy atom. The van der Waals surface area contributed by atoms with Crippen molar-refractivity contribution in [2.75, 3.05) is 0 Å². The Bertz CT molecular complexity index is 187. The van der Waals surface area contributed by atoms with Gasteiger partial charge in [-0.2, -0.15) is 0 Å². The Morgan fingerprint density at radius 1 is 0.667 bits per heavy atom. The molecule has 0 N–H and O–H groups in total. The molecule has 0 spiro atoms. The molecule has 0 bridgehead atoms. The van der Waals surface area contributed by atoms with Gasteiger partial charge in [0.25, 0.3) is 0 Å². The van der Waals surface area contributed by atoms with Gasteiger partial charge in [-0.15, -0.1) is 0 Å². The highest BCUT2D eigenvalue weighted by atomic mass is 28.4. The third kappa shape index (κ3) is 5.82. The number of rotatable bonds is 9. The van der Waals surface area contributed by atoms with Gasteiger partial charge in [-0.05, 0) is 54.4 Å². The van der Waals surface area contributed by atoms with Crippen LogP contribution >= 0.6 is 0 Å². The predicted octanol–water partition coefficient (Wildman–Crippen LogP) is 4.39. The van der Waals surface area contributed by atoms with E-state index in [0.29, 0.717) is 5.54 Å². The van der Waals surface area contributed by atoms with Gasteiger partial charge < -0.3 is 13.3 Å². The molecule has 110 valence electrons. The average Bonchev–Trinajstić information content (AvgIpc) is 2.15. The maximum absolute atomic E-state index is 6.20. The molecular formula is C14H32O3Si. The summed E-state index contributed by atoms with van der Waals surface area (Å²) >= 11 is 0. The maximum atomic E-state index is 6.20. The fraction of sp³-hybridized carbons (Fsp3) is 1.00. The van der Waals surface area contributed by atoms with Crippen molar-refractivity contribution in [2.45, 2.75) is 92.1 Å². The molecule has 3 nitrogen and oxygen atoms in total. The van der Waals surface area contributed by atoms with Gasteiger partial charge in [0.05, 0.1) is 0 Å². The Labute approximate surface area is 115 Å². The van der Waals surface area contributed by atoms with Gasteiger partial charge in [0.1, 0.15) is 0 Å². The molecule has 0 rings (SSSR count). The highest BCUT2D eigenvalue weighted by molar-refractivity contribution is 6.62. The van der Waals surface area contributed by atoms with Crippen LogP contribution in [-0.2, 0) is 13.3 Å². The van der Waals surface area contributed by atoms with E-state index in [-0.39, 0.29) is 18.3 Å². The molecule has 18 heavy (non-hydrogen) atoms. The van der Waals surface area contributed by atoms with E-state index in [4.69, 9.17) is 13.3 Å². The number of hydrogen-bond donors (Lipinski definition) is 0. The zero-order valence-corrected chi connectivity index (χ0v) is 14.4. The molecule has 0 unspecified atom stereocenters. The zero-order chi connectivity index (χ0) is 14.3. The van der Waals surface area contributed by atoms with Crippen molar-refractivity contribution < 1.29 is 13.3 Å². The highest BCUT2D eigenvalue weighted by Gasteiger charge is 2.50. The average molecular weight is 276 g/mol. The topological polar surface area (TPSA) is 27.7 Å². The first-order valence-corrected chi connectivity index (χ1v) is 9.11. The number of hydrogen-bond acceptors (Lipinski definition) is 3. The molecule has 0 atom stereocenters. The molecular weight excluding hydrogens is 244 g/mol. The molecule has 4 heteroatoms. The molecule has 0 radical (unpaired) electrons. The fourth-order valence-corrected chi connectivity index (χ4v) is 5.86. The van der Waals surface area contributed by atoms with Gasteiger partial charge in [0.15, 0.2) is 0 Å². The van der Waals surface area contributed by atoms with Crippen molar-refractivity contribution in [2.24, 2.45) is 0 Å². The van der Waals surface area contributed by atoms with E-state index < -0.39 is 8.80 Å². The summed E-state index contributed by atoms with van der Waals surface area (Å²) in [6.07, 6.45) is 2.48. The largest absolute Gasteiger partial charge is 0.504 e. The summed E-state index contributed by atoms with van der Waals surface area (Å²) in [4.78, 5) is 0. The first-order valence-electron chi connectivity index (χ1n) is 7.30. The van der Waals surface area contributed by atoms with Crippen LogP contribution in [0.3, 0.4) is 0 Å². The van der Waals surface area contributed by atoms with Crippen molar-refractivity contribution in [3.8, 4) is 0 Å². The minimum Gasteiger partial charge on any atom is -0.371 e. The van der Waals surface area contributed by atoms with Crippen LogP contribution < -0.4 is 0 Å². The van der Waals surface area contributed by atoms with Gasteiger partial charge in [0, 0.05) is 23.9 Å². The molecule has 0 fully saturated rings. The highest BCUT2D eigenvalue weighted by Crippen LogP contribution is 2.34. The Kier molecular flexibility index (Phi) is 8.35. The Balaban J connectivity index is 5.21. The smallest absolute Gasteiger partial charge is 0.371 e. The monoisotopic (exact) mass is 276 g/mol. The standard InChI is InChI=1S/C14H32O3Si/c1-9-14(10-2)18(15-11(3)4,16-12(5)6)17-13(7)8/h11-14H,9-10H2,1-8H3. The van der Waals surface area contributed by atoms with Crippen LogP contribution in [0.5, 0.6) is 0 Å². The summed E-state index contributed by atoms with van der Waals surface area (Å²) in [7, 11) is -2.61. The van der Waals surface area contributed by atoms with Crippen LogP contribution in [-0.4, -0.2) is 27.1 Å². The second-order valence-electron chi connectivity index (χ2n) is 5.62. The molecule has 0 aromatic heterocycles. The summed E-state index contributed by atoms with van der Waals surface area (Å²) in [5.74, 6) is 0. The summed E-state index contributed by atoms with van der Waals surface area (Å²) in [6, 6.07) is 0. The third-order valence-electron chi connectivity index (χ3n) is 2.69. The van der Waals surface area contributed by atoms with E-state index in [0.717, 1.165) is 12.8 Å². The first kappa shape index (κ1) is 18.1. The van der Waals surface area contributed by atoms with Crippen LogP contribution in [0.1, 0.15) is 68.2 Å². The van der Waals surface area contributed by atoms with Crippen molar-refractivity contribution >= 4 is 8.80 Å². The van der Waals surface area contributed by atoms with Crippen molar-refractivity contribution in [1.82, 2.24) is 0 Å². The first-order chi connectivity index (χ1) is 8.27. The molecule has 0 saturated heterocycles. The lowest BCUT2D eigenvalue weighted by Gasteiger charge is -2.39. The van der Waals surface area contributed by atoms with Gasteiger partial charge in [-0.25, -0.2) is 0 Å². The molecule has 0 saturated carbocycles. The SMILES string of the molecule is CCC(CC)[Si](OC(C)C)(OC(C)C)OC(C)C. The second-order valence-corrected chi connectivity index (χ2v) is 8.35. The minimum atomic E-state index is -2.61. The summed E-state index contributed by atoms with van der Waals surface area (Å²) in [6.45, 7) is 16.7. The van der Waals surface area contributed by atoms with Crippen LogP contribution in [0.2, 0.25) is 5.54 Å². The van der Waals surface area contributed by atoms with Crippen LogP contribution in [0.4, 0.5) is 0 Å². The molecule has 0 aliphatic carbocycles. The van der Waals surface area contributed by atoms with Gasteiger partial charge in [-0.1, -0.05) is 13.8 Å². The molecule has 0 aliphatic heterocycles. The molecule has 0 amide bonds. The Hall–Kier alpha value is 0.0969. The van der Waals surface area contributed by atoms with Crippen molar-refractivity contribution in [1.29, 1.82) is 0 Å². The molecule has 0 heterocycles. The maximum Gasteiger partial charge on any atom is 0.504 e. The van der Waals surface area contributed by atoms with Gasteiger partial charge >= 0.3 is 8.80 Å². The van der Waals surface area contributed by atoms with Crippen LogP contribution in [0, 0.1) is 0 Å². The van der Waals surface area contributed by atoms with E-state index in [2.05, 4.69) is 55.4 Å². The van der Waals surface area contributed by atoms with Crippen molar-refractivity contribution in [3.63, 3.8) is 0 Å². The lowest BCUT2D eigenvalue weighted by molar-refractivity contribution is -0.00578. The van der Waals surface area contributed by atoms with Crippen LogP contribution in [0.15, 0.2) is 0 Å². The van der Waals surface area contributed by atoms with E-state index in [1.165, 1.54) is 0 Å². The quantitative estimate of drug-likeness (QED) is 0.585. The fourth-order valence-electron chi connectivity index (χ4n) is 2.15. The normalized spacial score (nSPS) is 13.3. The molecule has 0 aromatic rings. The van der Waals surface area contributed by atoms with E-state index >= 15 is 0 Å². The predicted molar refractivity (Wildman–Crippen MR) is 78.7 cm³/mol. The van der Waals surface area contributed by atoms with Gasteiger partial charge in [-0.3, -0.25) is 0 Å². The van der Waals surface area contributed by atoms with E-state index in [1.807, 2.05) is 0 Å². The molecule has 0 aliphatic rings. The Morgan fingerprint density at radius 2 is 0.944 bits per heavy atom. The molecule has 0 aromatic carbocycles. The van der Waals surface area contributed by atoms with Gasteiger partial charge in [0.2, 0.25) is 0 Å². The van der Waals surface area contributed by atoms with Crippen molar-refractivity contribution in [3.05, 3.63) is 0 Å². The zero-order valence-electron chi connectivity index (χ0n) is 13.4. The minimum absolute atomic E-state index is 0.134. The van der Waals surface area contributed by atoms with E-state index in [1.54, 1.807) is 0 Å². The summed E-state index contributed by atoms with van der Waals surface area (Å²) in [5, 5.41) is 0. The summed E-state index contributed by atoms with van der Waals surface area (Å²) in [5.41, 5.74) is 0.379. The second kappa shape index (κ2) is 8.30.